The van der Waals surface area contributed by atoms with Gasteiger partial charge in [-0.25, -0.2) is 0 Å². The fourth-order valence-corrected chi connectivity index (χ4v) is 3.52. The normalized spacial score (nSPS) is 12.4. The second-order valence-corrected chi connectivity index (χ2v) is 6.50. The minimum Gasteiger partial charge on any atom is -0.492 e. The Kier molecular flexibility index (Phi) is 8.77. The van der Waals surface area contributed by atoms with Crippen molar-refractivity contribution in [3.63, 3.8) is 0 Å². The molecule has 2 N–H and O–H groups in total. The van der Waals surface area contributed by atoms with Crippen molar-refractivity contribution in [1.29, 1.82) is 0 Å². The van der Waals surface area contributed by atoms with Crippen molar-refractivity contribution in [2.75, 3.05) is 19.8 Å². The van der Waals surface area contributed by atoms with E-state index in [1.807, 2.05) is 13.0 Å². The quantitative estimate of drug-likeness (QED) is 0.645. The Morgan fingerprint density at radius 2 is 2.05 bits per heavy atom. The lowest BCUT2D eigenvalue weighted by Crippen LogP contribution is -2.23. The highest BCUT2D eigenvalue weighted by Gasteiger charge is 2.11. The Morgan fingerprint density at radius 1 is 1.30 bits per heavy atom. The molecule has 1 aromatic carbocycles. The minimum atomic E-state index is 0.257. The zero-order valence-electron chi connectivity index (χ0n) is 12.1. The van der Waals surface area contributed by atoms with Crippen LogP contribution in [0, 0.1) is 5.92 Å². The second kappa shape index (κ2) is 9.77. The van der Waals surface area contributed by atoms with Crippen molar-refractivity contribution in [3.8, 4) is 5.75 Å². The predicted molar refractivity (Wildman–Crippen MR) is 90.2 cm³/mol. The highest BCUT2D eigenvalue weighted by Crippen LogP contribution is 2.33. The molecule has 3 nitrogen and oxygen atoms in total. The standard InChI is InChI=1S/C15H23Br2NO2/c1-3-11(5-6-19)9-18-10-12-7-13(16)8-14(17)15(12)20-4-2/h7-8,11,18-19H,3-6,9-10H2,1-2H3. The molecule has 0 aliphatic carbocycles. The first kappa shape index (κ1) is 18.0. The lowest BCUT2D eigenvalue weighted by molar-refractivity contribution is 0.251. The molecule has 20 heavy (non-hydrogen) atoms. The van der Waals surface area contributed by atoms with Gasteiger partial charge in [0.15, 0.2) is 0 Å². The van der Waals surface area contributed by atoms with Gasteiger partial charge in [0.25, 0.3) is 0 Å². The molecule has 0 saturated heterocycles. The van der Waals surface area contributed by atoms with Crippen LogP contribution in [0.5, 0.6) is 5.75 Å². The second-order valence-electron chi connectivity index (χ2n) is 4.73. The number of benzene rings is 1. The molecular weight excluding hydrogens is 386 g/mol. The molecule has 0 fully saturated rings. The first-order chi connectivity index (χ1) is 9.62. The first-order valence-electron chi connectivity index (χ1n) is 7.04. The maximum absolute atomic E-state index is 9.01. The average Bonchev–Trinajstić information content (AvgIpc) is 2.41. The largest absolute Gasteiger partial charge is 0.492 e. The summed E-state index contributed by atoms with van der Waals surface area (Å²) >= 11 is 7.05. The predicted octanol–water partition coefficient (Wildman–Crippen LogP) is 4.11. The number of aliphatic hydroxyl groups is 1. The van der Waals surface area contributed by atoms with Gasteiger partial charge in [0.05, 0.1) is 11.1 Å². The van der Waals surface area contributed by atoms with Gasteiger partial charge in [-0.05, 0) is 53.9 Å². The molecule has 0 aliphatic rings. The summed E-state index contributed by atoms with van der Waals surface area (Å²) in [6.45, 7) is 6.72. The number of hydrogen-bond acceptors (Lipinski definition) is 3. The maximum Gasteiger partial charge on any atom is 0.138 e. The van der Waals surface area contributed by atoms with Crippen molar-refractivity contribution in [2.24, 2.45) is 5.92 Å². The van der Waals surface area contributed by atoms with E-state index in [1.54, 1.807) is 0 Å². The van der Waals surface area contributed by atoms with Gasteiger partial charge >= 0.3 is 0 Å². The van der Waals surface area contributed by atoms with Crippen molar-refractivity contribution in [3.05, 3.63) is 26.6 Å². The van der Waals surface area contributed by atoms with Crippen molar-refractivity contribution in [1.82, 2.24) is 5.32 Å². The van der Waals surface area contributed by atoms with E-state index >= 15 is 0 Å². The summed E-state index contributed by atoms with van der Waals surface area (Å²) < 4.78 is 7.71. The van der Waals surface area contributed by atoms with E-state index in [-0.39, 0.29) is 6.61 Å². The van der Waals surface area contributed by atoms with Gasteiger partial charge in [0.2, 0.25) is 0 Å². The molecule has 0 bridgehead atoms. The molecule has 1 rings (SSSR count). The molecule has 0 aliphatic heterocycles. The number of ether oxygens (including phenoxy) is 1. The molecule has 0 aromatic heterocycles. The lowest BCUT2D eigenvalue weighted by atomic mass is 10.0. The van der Waals surface area contributed by atoms with Crippen LogP contribution in [-0.4, -0.2) is 24.9 Å². The third kappa shape index (κ3) is 5.72. The summed E-state index contributed by atoms with van der Waals surface area (Å²) in [6, 6.07) is 4.07. The highest BCUT2D eigenvalue weighted by atomic mass is 79.9. The van der Waals surface area contributed by atoms with Gasteiger partial charge in [0, 0.05) is 23.2 Å². The van der Waals surface area contributed by atoms with E-state index in [0.29, 0.717) is 12.5 Å². The van der Waals surface area contributed by atoms with Crippen molar-refractivity contribution >= 4 is 31.9 Å². The van der Waals surface area contributed by atoms with Gasteiger partial charge in [-0.15, -0.1) is 0 Å². The van der Waals surface area contributed by atoms with Crippen LogP contribution < -0.4 is 10.1 Å². The van der Waals surface area contributed by atoms with Crippen LogP contribution in [0.3, 0.4) is 0 Å². The van der Waals surface area contributed by atoms with Crippen LogP contribution in [0.1, 0.15) is 32.3 Å². The Balaban J connectivity index is 2.66. The van der Waals surface area contributed by atoms with Crippen LogP contribution >= 0.6 is 31.9 Å². The molecular formula is C15H23Br2NO2. The smallest absolute Gasteiger partial charge is 0.138 e. The fourth-order valence-electron chi connectivity index (χ4n) is 2.09. The molecule has 5 heteroatoms. The Hall–Kier alpha value is -0.100. The van der Waals surface area contributed by atoms with E-state index in [1.165, 1.54) is 0 Å². The first-order valence-corrected chi connectivity index (χ1v) is 8.63. The number of rotatable bonds is 9. The summed E-state index contributed by atoms with van der Waals surface area (Å²) in [5, 5.41) is 12.5. The highest BCUT2D eigenvalue weighted by molar-refractivity contribution is 9.11. The number of hydrogen-bond donors (Lipinski definition) is 2. The molecule has 0 spiro atoms. The topological polar surface area (TPSA) is 41.5 Å². The van der Waals surface area contributed by atoms with E-state index in [2.05, 4.69) is 50.2 Å². The van der Waals surface area contributed by atoms with Gasteiger partial charge in [-0.1, -0.05) is 29.3 Å². The van der Waals surface area contributed by atoms with Crippen molar-refractivity contribution in [2.45, 2.75) is 33.2 Å². The summed E-state index contributed by atoms with van der Waals surface area (Å²) in [6.07, 6.45) is 1.93. The van der Waals surface area contributed by atoms with E-state index in [0.717, 1.165) is 46.2 Å². The van der Waals surface area contributed by atoms with Crippen molar-refractivity contribution < 1.29 is 9.84 Å². The van der Waals surface area contributed by atoms with Gasteiger partial charge in [-0.2, -0.15) is 0 Å². The number of halogens is 2. The van der Waals surface area contributed by atoms with Crippen LogP contribution in [0.25, 0.3) is 0 Å². The maximum atomic E-state index is 9.01. The van der Waals surface area contributed by atoms with Gasteiger partial charge < -0.3 is 15.2 Å². The molecule has 1 aromatic rings. The van der Waals surface area contributed by atoms with Crippen LogP contribution in [-0.2, 0) is 6.54 Å². The molecule has 0 radical (unpaired) electrons. The lowest BCUT2D eigenvalue weighted by Gasteiger charge is -2.17. The van der Waals surface area contributed by atoms with E-state index in [4.69, 9.17) is 9.84 Å². The molecule has 0 amide bonds. The average molecular weight is 409 g/mol. The third-order valence-electron chi connectivity index (χ3n) is 3.24. The third-order valence-corrected chi connectivity index (χ3v) is 4.28. The summed E-state index contributed by atoms with van der Waals surface area (Å²) in [7, 11) is 0. The van der Waals surface area contributed by atoms with E-state index < -0.39 is 0 Å². The SMILES string of the molecule is CCOc1c(Br)cc(Br)cc1CNCC(CC)CCO. The molecule has 1 atom stereocenters. The minimum absolute atomic E-state index is 0.257. The fraction of sp³-hybridized carbons (Fsp3) is 0.600. The van der Waals surface area contributed by atoms with E-state index in [9.17, 15) is 0 Å². The summed E-state index contributed by atoms with van der Waals surface area (Å²) in [5.41, 5.74) is 1.13. The monoisotopic (exact) mass is 407 g/mol. The molecule has 1 unspecified atom stereocenters. The van der Waals surface area contributed by atoms with Crippen LogP contribution in [0.15, 0.2) is 21.1 Å². The summed E-state index contributed by atoms with van der Waals surface area (Å²) in [4.78, 5) is 0. The number of aliphatic hydroxyl groups excluding tert-OH is 1. The van der Waals surface area contributed by atoms with Crippen LogP contribution in [0.2, 0.25) is 0 Å². The van der Waals surface area contributed by atoms with Crippen LogP contribution in [0.4, 0.5) is 0 Å². The number of nitrogens with one attached hydrogen (secondary N) is 1. The zero-order valence-corrected chi connectivity index (χ0v) is 15.3. The Labute approximate surface area is 138 Å². The molecule has 114 valence electrons. The zero-order chi connectivity index (χ0) is 15.0. The molecule has 0 heterocycles. The Bertz CT molecular complexity index is 413. The van der Waals surface area contributed by atoms with Gasteiger partial charge in [0.1, 0.15) is 5.75 Å². The summed E-state index contributed by atoms with van der Waals surface area (Å²) in [5.74, 6) is 1.42. The van der Waals surface area contributed by atoms with Gasteiger partial charge in [-0.3, -0.25) is 0 Å². The Morgan fingerprint density at radius 3 is 2.65 bits per heavy atom. The molecule has 0 saturated carbocycles.